The van der Waals surface area contributed by atoms with Crippen molar-refractivity contribution in [1.82, 2.24) is 15.6 Å². The van der Waals surface area contributed by atoms with Gasteiger partial charge in [0.25, 0.3) is 0 Å². The number of hydrogen-bond donors (Lipinski definition) is 3. The van der Waals surface area contributed by atoms with Crippen molar-refractivity contribution in [3.63, 3.8) is 0 Å². The van der Waals surface area contributed by atoms with Gasteiger partial charge in [-0.1, -0.05) is 18.2 Å². The summed E-state index contributed by atoms with van der Waals surface area (Å²) in [5, 5.41) is 7.42. The minimum Gasteiger partial charge on any atom is -0.497 e. The molecule has 29 heavy (non-hydrogen) atoms. The number of aliphatic imine (C=N–C) groups is 1. The zero-order chi connectivity index (χ0) is 19.9. The van der Waals surface area contributed by atoms with Gasteiger partial charge in [0.2, 0.25) is 0 Å². The fourth-order valence-electron chi connectivity index (χ4n) is 2.84. The number of aromatic nitrogens is 1. The Labute approximate surface area is 184 Å². The van der Waals surface area contributed by atoms with Gasteiger partial charge in [0.1, 0.15) is 11.5 Å². The van der Waals surface area contributed by atoms with Gasteiger partial charge in [-0.25, -0.2) is 0 Å². The molecule has 0 unspecified atom stereocenters. The van der Waals surface area contributed by atoms with Gasteiger partial charge >= 0.3 is 6.61 Å². The van der Waals surface area contributed by atoms with Crippen molar-refractivity contribution in [2.24, 2.45) is 4.99 Å². The Morgan fingerprint density at radius 1 is 1.10 bits per heavy atom. The molecular weight excluding hydrogens is 493 g/mol. The molecule has 0 aliphatic carbocycles. The molecule has 3 aromatic rings. The summed E-state index contributed by atoms with van der Waals surface area (Å²) < 4.78 is 35.0. The lowest BCUT2D eigenvalue weighted by Crippen LogP contribution is -2.36. The summed E-state index contributed by atoms with van der Waals surface area (Å²) in [5.41, 5.74) is 2.60. The zero-order valence-electron chi connectivity index (χ0n) is 16.0. The van der Waals surface area contributed by atoms with Crippen molar-refractivity contribution in [3.8, 4) is 11.5 Å². The number of halogens is 3. The third kappa shape index (κ3) is 6.21. The highest BCUT2D eigenvalue weighted by Gasteiger charge is 2.12. The Hall–Kier alpha value is -2.56. The summed E-state index contributed by atoms with van der Waals surface area (Å²) >= 11 is 0. The van der Waals surface area contributed by atoms with E-state index < -0.39 is 6.61 Å². The van der Waals surface area contributed by atoms with Gasteiger partial charge in [-0.3, -0.25) is 4.99 Å². The van der Waals surface area contributed by atoms with Crippen LogP contribution in [0.25, 0.3) is 10.9 Å². The van der Waals surface area contributed by atoms with Crippen molar-refractivity contribution in [1.29, 1.82) is 0 Å². The van der Waals surface area contributed by atoms with Gasteiger partial charge in [0.15, 0.2) is 5.96 Å². The number of fused-ring (bicyclic) bond motifs is 1. The van der Waals surface area contributed by atoms with Crippen molar-refractivity contribution < 1.29 is 18.3 Å². The highest BCUT2D eigenvalue weighted by atomic mass is 127. The lowest BCUT2D eigenvalue weighted by molar-refractivity contribution is -0.0504. The van der Waals surface area contributed by atoms with Crippen LogP contribution < -0.4 is 20.1 Å². The highest BCUT2D eigenvalue weighted by molar-refractivity contribution is 14.0. The van der Waals surface area contributed by atoms with E-state index in [0.29, 0.717) is 23.8 Å². The van der Waals surface area contributed by atoms with E-state index in [-0.39, 0.29) is 36.3 Å². The minimum absolute atomic E-state index is 0. The van der Waals surface area contributed by atoms with Crippen LogP contribution in [-0.4, -0.2) is 31.7 Å². The molecule has 0 atom stereocenters. The molecule has 2 aromatic carbocycles. The van der Waals surface area contributed by atoms with Crippen molar-refractivity contribution in [2.75, 3.05) is 14.2 Å². The van der Waals surface area contributed by atoms with Gasteiger partial charge in [0.05, 0.1) is 13.7 Å². The van der Waals surface area contributed by atoms with E-state index >= 15 is 0 Å². The van der Waals surface area contributed by atoms with Crippen LogP contribution in [0.3, 0.4) is 0 Å². The lowest BCUT2D eigenvalue weighted by Gasteiger charge is -2.15. The Morgan fingerprint density at radius 2 is 1.86 bits per heavy atom. The van der Waals surface area contributed by atoms with Gasteiger partial charge in [-0.2, -0.15) is 8.78 Å². The molecule has 1 heterocycles. The van der Waals surface area contributed by atoms with Gasteiger partial charge < -0.3 is 25.1 Å². The fourth-order valence-corrected chi connectivity index (χ4v) is 2.84. The van der Waals surface area contributed by atoms with Crippen molar-refractivity contribution >= 4 is 40.8 Å². The quantitative estimate of drug-likeness (QED) is 0.250. The maximum Gasteiger partial charge on any atom is 0.387 e. The lowest BCUT2D eigenvalue weighted by atomic mass is 10.2. The number of nitrogens with zero attached hydrogens (tertiary/aromatic N) is 1. The van der Waals surface area contributed by atoms with Crippen molar-refractivity contribution in [2.45, 2.75) is 19.7 Å². The largest absolute Gasteiger partial charge is 0.497 e. The number of aromatic amines is 1. The molecule has 0 fully saturated rings. The van der Waals surface area contributed by atoms with Gasteiger partial charge in [-0.05, 0) is 35.7 Å². The molecule has 0 amide bonds. The molecule has 0 aliphatic rings. The van der Waals surface area contributed by atoms with Crippen LogP contribution >= 0.6 is 24.0 Å². The number of ether oxygens (including phenoxy) is 2. The summed E-state index contributed by atoms with van der Waals surface area (Å²) in [6.45, 7) is -2.12. The maximum absolute atomic E-state index is 12.6. The first kappa shape index (κ1) is 22.7. The Balaban J connectivity index is 0.00000300. The minimum atomic E-state index is -2.90. The van der Waals surface area contributed by atoms with Crippen LogP contribution in [-0.2, 0) is 13.1 Å². The van der Waals surface area contributed by atoms with Crippen LogP contribution in [0.15, 0.2) is 53.5 Å². The molecule has 3 N–H and O–H groups in total. The number of para-hydroxylation sites is 1. The number of hydrogen-bond acceptors (Lipinski definition) is 3. The molecule has 0 saturated heterocycles. The zero-order valence-corrected chi connectivity index (χ0v) is 18.4. The Kier molecular flexibility index (Phi) is 8.50. The Bertz CT molecular complexity index is 930. The number of nitrogens with one attached hydrogen (secondary N) is 3. The van der Waals surface area contributed by atoms with Gasteiger partial charge in [-0.15, -0.1) is 24.0 Å². The summed E-state index contributed by atoms with van der Waals surface area (Å²) in [7, 11) is 3.16. The monoisotopic (exact) mass is 516 g/mol. The standard InChI is InChI=1S/C20H22F2N4O2.HI/c1-23-20(25-12-15-9-13-5-3-4-6-17(13)26-15)24-11-14-10-16(27-2)7-8-18(14)28-19(21)22;/h3-10,19,26H,11-12H2,1-2H3,(H2,23,24,25);1H. The molecule has 0 bridgehead atoms. The van der Waals surface area contributed by atoms with Gasteiger partial charge in [0, 0.05) is 30.4 Å². The summed E-state index contributed by atoms with van der Waals surface area (Å²) in [5.74, 6) is 1.18. The van der Waals surface area contributed by atoms with E-state index in [1.54, 1.807) is 19.2 Å². The molecule has 156 valence electrons. The van der Waals surface area contributed by atoms with Crippen LogP contribution in [0.2, 0.25) is 0 Å². The molecule has 0 radical (unpaired) electrons. The van der Waals surface area contributed by atoms with Crippen molar-refractivity contribution in [3.05, 3.63) is 59.8 Å². The number of benzene rings is 2. The SMILES string of the molecule is CN=C(NCc1cc2ccccc2[nH]1)NCc1cc(OC)ccc1OC(F)F.I. The average molecular weight is 516 g/mol. The van der Waals surface area contributed by atoms with Crippen LogP contribution in [0.4, 0.5) is 8.78 Å². The number of alkyl halides is 2. The molecule has 1 aromatic heterocycles. The normalized spacial score (nSPS) is 11.3. The number of rotatable bonds is 7. The number of methoxy groups -OCH3 is 1. The van der Waals surface area contributed by atoms with E-state index in [9.17, 15) is 8.78 Å². The maximum atomic E-state index is 12.6. The molecule has 3 rings (SSSR count). The van der Waals surface area contributed by atoms with Crippen LogP contribution in [0.1, 0.15) is 11.3 Å². The fraction of sp³-hybridized carbons (Fsp3) is 0.250. The smallest absolute Gasteiger partial charge is 0.387 e. The van der Waals surface area contributed by atoms with E-state index in [1.165, 1.54) is 13.2 Å². The molecule has 0 saturated carbocycles. The first-order chi connectivity index (χ1) is 13.6. The average Bonchev–Trinajstić information content (AvgIpc) is 3.11. The molecule has 6 nitrogen and oxygen atoms in total. The second-order valence-corrected chi connectivity index (χ2v) is 6.01. The highest BCUT2D eigenvalue weighted by Crippen LogP contribution is 2.25. The van der Waals surface area contributed by atoms with Crippen LogP contribution in [0, 0.1) is 0 Å². The first-order valence-corrected chi connectivity index (χ1v) is 8.72. The van der Waals surface area contributed by atoms with E-state index in [1.807, 2.05) is 24.3 Å². The van der Waals surface area contributed by atoms with E-state index in [2.05, 4.69) is 31.4 Å². The predicted octanol–water partition coefficient (Wildman–Crippen LogP) is 4.26. The predicted molar refractivity (Wildman–Crippen MR) is 120 cm³/mol. The van der Waals surface area contributed by atoms with E-state index in [4.69, 9.17) is 4.74 Å². The van der Waals surface area contributed by atoms with E-state index in [0.717, 1.165) is 16.6 Å². The molecule has 9 heteroatoms. The summed E-state index contributed by atoms with van der Waals surface area (Å²) in [4.78, 5) is 7.50. The second kappa shape index (κ2) is 10.8. The Morgan fingerprint density at radius 3 is 2.55 bits per heavy atom. The summed E-state index contributed by atoms with van der Waals surface area (Å²) in [6.07, 6.45) is 0. The topological polar surface area (TPSA) is 70.7 Å². The number of guanidine groups is 1. The van der Waals surface area contributed by atoms with Crippen LogP contribution in [0.5, 0.6) is 11.5 Å². The second-order valence-electron chi connectivity index (χ2n) is 6.01. The molecular formula is C20H23F2IN4O2. The third-order valence-corrected chi connectivity index (χ3v) is 4.19. The molecule has 0 aliphatic heterocycles. The first-order valence-electron chi connectivity index (χ1n) is 8.72. The summed E-state index contributed by atoms with van der Waals surface area (Å²) in [6, 6.07) is 14.8. The molecule has 0 spiro atoms. The number of H-pyrrole nitrogens is 1. The third-order valence-electron chi connectivity index (χ3n) is 4.19.